The Balaban J connectivity index is 0.00000112. The van der Waals surface area contributed by atoms with Gasteiger partial charge >= 0.3 is 0 Å². The molecule has 3 atom stereocenters. The van der Waals surface area contributed by atoms with Gasteiger partial charge in [0, 0.05) is 18.8 Å². The van der Waals surface area contributed by atoms with Crippen LogP contribution in [0.5, 0.6) is 0 Å². The van der Waals surface area contributed by atoms with Crippen molar-refractivity contribution in [2.75, 3.05) is 0 Å². The second kappa shape index (κ2) is 6.67. The highest BCUT2D eigenvalue weighted by Crippen LogP contribution is 2.26. The minimum Gasteiger partial charge on any atom is -0.392 e. The second-order valence-electron chi connectivity index (χ2n) is 3.95. The number of aliphatic hydroxyl groups excluding tert-OH is 1. The lowest BCUT2D eigenvalue weighted by Crippen LogP contribution is -2.28. The number of hydrogen-bond donors (Lipinski definition) is 2. The third-order valence-electron chi connectivity index (χ3n) is 2.72. The van der Waals surface area contributed by atoms with E-state index in [2.05, 4.69) is 5.10 Å². The first-order valence-electron chi connectivity index (χ1n) is 4.77. The van der Waals surface area contributed by atoms with E-state index < -0.39 is 0 Å². The van der Waals surface area contributed by atoms with Crippen LogP contribution in [0, 0.1) is 5.92 Å². The highest BCUT2D eigenvalue weighted by molar-refractivity contribution is 6.30. The zero-order valence-corrected chi connectivity index (χ0v) is 11.0. The number of aliphatic hydroxyl groups is 1. The van der Waals surface area contributed by atoms with Gasteiger partial charge in [0.05, 0.1) is 17.3 Å². The number of rotatable bonds is 2. The minimum atomic E-state index is -0.356. The van der Waals surface area contributed by atoms with Gasteiger partial charge in [-0.1, -0.05) is 11.6 Å². The Hall–Kier alpha value is -0.000000000000000132. The molecule has 1 aromatic heterocycles. The van der Waals surface area contributed by atoms with Crippen molar-refractivity contribution < 1.29 is 5.11 Å². The first-order chi connectivity index (χ1) is 6.65. The standard InChI is InChI=1S/C9H14ClN3O.2ClH/c10-7-3-12-13(5-7)4-6-1-8(11)9(14)2-6;;/h3,5-6,8-9,14H,1-2,4,11H2;2*1H/t6?,8-,9-;;/m1../s1. The molecule has 1 aliphatic rings. The van der Waals surface area contributed by atoms with Crippen LogP contribution < -0.4 is 5.73 Å². The Morgan fingerprint density at radius 3 is 2.62 bits per heavy atom. The summed E-state index contributed by atoms with van der Waals surface area (Å²) in [6.45, 7) is 0.789. The number of nitrogens with zero attached hydrogens (tertiary/aromatic N) is 2. The van der Waals surface area contributed by atoms with Crippen molar-refractivity contribution in [3.8, 4) is 0 Å². The molecule has 16 heavy (non-hydrogen) atoms. The van der Waals surface area contributed by atoms with Crippen LogP contribution >= 0.6 is 36.4 Å². The predicted octanol–water partition coefficient (Wildman–Crippen LogP) is 1.48. The SMILES string of the molecule is Cl.Cl.N[C@@H]1CC(Cn2cc(Cl)cn2)C[C@H]1O. The lowest BCUT2D eigenvalue weighted by molar-refractivity contribution is 0.160. The molecule has 2 rings (SSSR count). The van der Waals surface area contributed by atoms with Crippen molar-refractivity contribution in [3.05, 3.63) is 17.4 Å². The molecule has 0 aliphatic heterocycles. The van der Waals surface area contributed by atoms with Crippen molar-refractivity contribution in [1.29, 1.82) is 0 Å². The van der Waals surface area contributed by atoms with Crippen LogP contribution in [-0.4, -0.2) is 27.0 Å². The number of aromatic nitrogens is 2. The molecule has 1 saturated carbocycles. The fraction of sp³-hybridized carbons (Fsp3) is 0.667. The second-order valence-corrected chi connectivity index (χ2v) is 4.39. The van der Waals surface area contributed by atoms with Crippen LogP contribution in [0.2, 0.25) is 5.02 Å². The smallest absolute Gasteiger partial charge is 0.0785 e. The summed E-state index contributed by atoms with van der Waals surface area (Å²) >= 11 is 5.75. The van der Waals surface area contributed by atoms with Crippen molar-refractivity contribution in [3.63, 3.8) is 0 Å². The summed E-state index contributed by atoms with van der Waals surface area (Å²) in [7, 11) is 0. The summed E-state index contributed by atoms with van der Waals surface area (Å²) in [5, 5.41) is 14.2. The van der Waals surface area contributed by atoms with Gasteiger partial charge in [-0.25, -0.2) is 0 Å². The van der Waals surface area contributed by atoms with Gasteiger partial charge in [-0.05, 0) is 18.8 Å². The maximum atomic E-state index is 9.47. The van der Waals surface area contributed by atoms with Gasteiger partial charge in [0.1, 0.15) is 0 Å². The molecule has 1 heterocycles. The van der Waals surface area contributed by atoms with E-state index in [0.29, 0.717) is 10.9 Å². The topological polar surface area (TPSA) is 64.1 Å². The van der Waals surface area contributed by atoms with E-state index in [1.807, 2.05) is 0 Å². The van der Waals surface area contributed by atoms with Gasteiger partial charge in [-0.15, -0.1) is 24.8 Å². The van der Waals surface area contributed by atoms with Gasteiger partial charge in [0.15, 0.2) is 0 Å². The minimum absolute atomic E-state index is 0. The zero-order valence-electron chi connectivity index (χ0n) is 8.62. The molecule has 0 radical (unpaired) electrons. The maximum absolute atomic E-state index is 9.47. The lowest BCUT2D eigenvalue weighted by Gasteiger charge is -2.08. The number of nitrogens with two attached hydrogens (primary N) is 1. The van der Waals surface area contributed by atoms with Crippen LogP contribution in [0.1, 0.15) is 12.8 Å². The molecule has 0 bridgehead atoms. The third-order valence-corrected chi connectivity index (χ3v) is 2.92. The number of hydrogen-bond acceptors (Lipinski definition) is 3. The summed E-state index contributed by atoms with van der Waals surface area (Å²) in [5.74, 6) is 0.413. The van der Waals surface area contributed by atoms with E-state index >= 15 is 0 Å². The summed E-state index contributed by atoms with van der Waals surface area (Å²) < 4.78 is 1.80. The molecule has 1 aliphatic carbocycles. The van der Waals surface area contributed by atoms with Gasteiger partial charge < -0.3 is 10.8 Å². The van der Waals surface area contributed by atoms with Crippen molar-refractivity contribution >= 4 is 36.4 Å². The van der Waals surface area contributed by atoms with Crippen LogP contribution in [0.4, 0.5) is 0 Å². The normalized spacial score (nSPS) is 28.3. The van der Waals surface area contributed by atoms with Crippen molar-refractivity contribution in [1.82, 2.24) is 9.78 Å². The summed E-state index contributed by atoms with van der Waals surface area (Å²) in [6, 6.07) is -0.0777. The van der Waals surface area contributed by atoms with Gasteiger partial charge in [0.25, 0.3) is 0 Å². The molecule has 0 saturated heterocycles. The molecule has 1 aromatic rings. The monoisotopic (exact) mass is 287 g/mol. The van der Waals surface area contributed by atoms with E-state index in [0.717, 1.165) is 19.4 Å². The lowest BCUT2D eigenvalue weighted by atomic mass is 10.1. The van der Waals surface area contributed by atoms with Gasteiger partial charge in [-0.3, -0.25) is 4.68 Å². The highest BCUT2D eigenvalue weighted by Gasteiger charge is 2.30. The molecule has 0 amide bonds. The number of halogens is 3. The molecular weight excluding hydrogens is 272 g/mol. The average Bonchev–Trinajstić information content (AvgIpc) is 2.62. The molecule has 1 unspecified atom stereocenters. The molecule has 0 spiro atoms. The molecule has 94 valence electrons. The first kappa shape index (κ1) is 16.0. The Labute approximate surface area is 112 Å². The quantitative estimate of drug-likeness (QED) is 0.866. The van der Waals surface area contributed by atoms with E-state index in [9.17, 15) is 5.11 Å². The van der Waals surface area contributed by atoms with Gasteiger partial charge in [0.2, 0.25) is 0 Å². The molecule has 3 N–H and O–H groups in total. The van der Waals surface area contributed by atoms with E-state index in [1.54, 1.807) is 17.1 Å². The van der Waals surface area contributed by atoms with E-state index in [4.69, 9.17) is 17.3 Å². The average molecular weight is 289 g/mol. The molecule has 1 fully saturated rings. The predicted molar refractivity (Wildman–Crippen MR) is 68.4 cm³/mol. The van der Waals surface area contributed by atoms with Crippen LogP contribution in [0.3, 0.4) is 0 Å². The van der Waals surface area contributed by atoms with Crippen molar-refractivity contribution in [2.45, 2.75) is 31.5 Å². The molecule has 4 nitrogen and oxygen atoms in total. The van der Waals surface area contributed by atoms with Crippen LogP contribution in [0.15, 0.2) is 12.4 Å². The summed E-state index contributed by atoms with van der Waals surface area (Å²) in [5.41, 5.74) is 5.72. The van der Waals surface area contributed by atoms with Crippen LogP contribution in [-0.2, 0) is 6.54 Å². The molecule has 7 heteroatoms. The Kier molecular flexibility index (Phi) is 6.67. The van der Waals surface area contributed by atoms with Crippen LogP contribution in [0.25, 0.3) is 0 Å². The molecule has 0 aromatic carbocycles. The highest BCUT2D eigenvalue weighted by atomic mass is 35.5. The maximum Gasteiger partial charge on any atom is 0.0785 e. The summed E-state index contributed by atoms with van der Waals surface area (Å²) in [4.78, 5) is 0. The zero-order chi connectivity index (χ0) is 10.1. The Morgan fingerprint density at radius 1 is 1.50 bits per heavy atom. The Morgan fingerprint density at radius 2 is 2.19 bits per heavy atom. The van der Waals surface area contributed by atoms with E-state index in [-0.39, 0.29) is 37.0 Å². The van der Waals surface area contributed by atoms with E-state index in [1.165, 1.54) is 0 Å². The Bertz CT molecular complexity index is 311. The summed E-state index contributed by atoms with van der Waals surface area (Å²) in [6.07, 6.45) is 4.67. The first-order valence-corrected chi connectivity index (χ1v) is 5.14. The third kappa shape index (κ3) is 3.79. The molecular formula is C9H16Cl3N3O. The van der Waals surface area contributed by atoms with Gasteiger partial charge in [-0.2, -0.15) is 5.10 Å². The fourth-order valence-electron chi connectivity index (χ4n) is 2.01. The largest absolute Gasteiger partial charge is 0.392 e. The fourth-order valence-corrected chi connectivity index (χ4v) is 2.16. The van der Waals surface area contributed by atoms with Crippen molar-refractivity contribution in [2.24, 2.45) is 11.7 Å².